The van der Waals surface area contributed by atoms with Crippen LogP contribution in [-0.4, -0.2) is 4.98 Å². The van der Waals surface area contributed by atoms with Crippen LogP contribution in [0.2, 0.25) is 0 Å². The van der Waals surface area contributed by atoms with Crippen molar-refractivity contribution in [1.29, 1.82) is 0 Å². The van der Waals surface area contributed by atoms with E-state index in [2.05, 4.69) is 187 Å². The molecule has 49 heavy (non-hydrogen) atoms. The van der Waals surface area contributed by atoms with Gasteiger partial charge in [-0.15, -0.1) is 0 Å². The number of benzene rings is 6. The Kier molecular flexibility index (Phi) is 20.2. The standard InChI is InChI=1S/2C18H15P.C6H8N2.2ClH.Ru/c2*1-4-10-16(11-5-1)19(17-12-6-2-7-13-17)18-14-8-3-9-15-18;7-5-6-3-1-2-4-8-6;;;/h2*1-15H;1-4H,5,7H2;2*1H;/q;;;;;+2/p-2. The number of nitrogens with zero attached hydrogens (tertiary/aromatic N) is 1. The fourth-order valence-electron chi connectivity index (χ4n) is 4.88. The molecule has 0 unspecified atom stereocenters. The molecule has 6 aromatic carbocycles. The summed E-state index contributed by atoms with van der Waals surface area (Å²) in [6.45, 7) is 0.529. The summed E-state index contributed by atoms with van der Waals surface area (Å²) in [6, 6.07) is 70.4. The quantitative estimate of drug-likeness (QED) is 0.196. The van der Waals surface area contributed by atoms with Crippen molar-refractivity contribution in [3.63, 3.8) is 0 Å². The number of rotatable bonds is 7. The first-order valence-corrected chi connectivity index (χ1v) is 18.0. The van der Waals surface area contributed by atoms with Crippen molar-refractivity contribution < 1.29 is 44.3 Å². The van der Waals surface area contributed by atoms with Crippen LogP contribution in [0.5, 0.6) is 0 Å². The summed E-state index contributed by atoms with van der Waals surface area (Å²) in [4.78, 5) is 3.97. The monoisotopic (exact) mass is 804 g/mol. The molecule has 0 spiro atoms. The van der Waals surface area contributed by atoms with Crippen LogP contribution in [0.4, 0.5) is 0 Å². The van der Waals surface area contributed by atoms with Crippen molar-refractivity contribution in [3.8, 4) is 0 Å². The Morgan fingerprint density at radius 3 is 0.735 bits per heavy atom. The maximum atomic E-state index is 5.29. The van der Waals surface area contributed by atoms with E-state index in [-0.39, 0.29) is 44.3 Å². The molecule has 248 valence electrons. The van der Waals surface area contributed by atoms with E-state index in [4.69, 9.17) is 5.73 Å². The van der Waals surface area contributed by atoms with E-state index in [1.165, 1.54) is 31.8 Å². The van der Waals surface area contributed by atoms with Crippen molar-refractivity contribution in [3.05, 3.63) is 212 Å². The van der Waals surface area contributed by atoms with E-state index in [0.29, 0.717) is 6.54 Å². The zero-order valence-electron chi connectivity index (χ0n) is 26.9. The minimum atomic E-state index is -0.446. The molecular weight excluding hydrogens is 766 g/mol. The molecule has 7 rings (SSSR count). The minimum absolute atomic E-state index is 0. The average molecular weight is 805 g/mol. The van der Waals surface area contributed by atoms with Crippen molar-refractivity contribution >= 4 is 47.7 Å². The zero-order chi connectivity index (χ0) is 31.7. The number of aromatic nitrogens is 1. The third-order valence-electron chi connectivity index (χ3n) is 7.02. The van der Waals surface area contributed by atoms with Crippen LogP contribution in [0.25, 0.3) is 0 Å². The smallest absolute Gasteiger partial charge is 1.00 e. The van der Waals surface area contributed by atoms with E-state index in [1.54, 1.807) is 6.20 Å². The Bertz CT molecular complexity index is 1500. The van der Waals surface area contributed by atoms with E-state index in [1.807, 2.05) is 18.2 Å². The molecule has 1 aromatic heterocycles. The van der Waals surface area contributed by atoms with E-state index >= 15 is 0 Å². The predicted molar refractivity (Wildman–Crippen MR) is 202 cm³/mol. The number of nitrogens with two attached hydrogens (primary N) is 1. The summed E-state index contributed by atoms with van der Waals surface area (Å²) in [6.07, 6.45) is 1.74. The molecule has 0 amide bonds. The third-order valence-corrected chi connectivity index (χ3v) is 11.9. The maximum absolute atomic E-state index is 5.29. The molecule has 7 heteroatoms. The molecule has 0 fully saturated rings. The van der Waals surface area contributed by atoms with Gasteiger partial charge in [-0.2, -0.15) is 0 Å². The largest absolute Gasteiger partial charge is 2.00 e. The number of hydrogen-bond acceptors (Lipinski definition) is 2. The molecule has 0 aliphatic rings. The van der Waals surface area contributed by atoms with Crippen LogP contribution < -0.4 is 62.4 Å². The molecule has 0 atom stereocenters. The van der Waals surface area contributed by atoms with E-state index < -0.39 is 15.8 Å². The van der Waals surface area contributed by atoms with Gasteiger partial charge in [-0.1, -0.05) is 188 Å². The molecule has 1 heterocycles. The number of pyridine rings is 1. The molecule has 2 N–H and O–H groups in total. The van der Waals surface area contributed by atoms with Crippen molar-refractivity contribution in [2.24, 2.45) is 5.73 Å². The normalized spacial score (nSPS) is 9.69. The van der Waals surface area contributed by atoms with Crippen LogP contribution in [0.1, 0.15) is 5.69 Å². The molecule has 0 saturated heterocycles. The zero-order valence-corrected chi connectivity index (χ0v) is 31.9. The first kappa shape index (κ1) is 41.7. The van der Waals surface area contributed by atoms with Gasteiger partial charge in [0.15, 0.2) is 0 Å². The Balaban J connectivity index is 0.000000266. The van der Waals surface area contributed by atoms with Crippen LogP contribution in [-0.2, 0) is 26.0 Å². The summed E-state index contributed by atoms with van der Waals surface area (Å²) in [7, 11) is -0.892. The summed E-state index contributed by atoms with van der Waals surface area (Å²) >= 11 is 0. The topological polar surface area (TPSA) is 38.9 Å². The second kappa shape index (κ2) is 23.8. The molecule has 0 aliphatic heterocycles. The Morgan fingerprint density at radius 2 is 0.571 bits per heavy atom. The first-order chi connectivity index (χ1) is 22.8. The average Bonchev–Trinajstić information content (AvgIpc) is 3.15. The van der Waals surface area contributed by atoms with Gasteiger partial charge in [0.2, 0.25) is 0 Å². The molecule has 2 nitrogen and oxygen atoms in total. The van der Waals surface area contributed by atoms with Gasteiger partial charge in [-0.25, -0.2) is 0 Å². The SMILES string of the molecule is NCc1ccccn1.[Cl-].[Cl-].[Ru+2].c1ccc(P(c2ccccc2)c2ccccc2)cc1.c1ccc(P(c2ccccc2)c2ccccc2)cc1. The van der Waals surface area contributed by atoms with Gasteiger partial charge in [0.25, 0.3) is 0 Å². The van der Waals surface area contributed by atoms with E-state index in [9.17, 15) is 0 Å². The Morgan fingerprint density at radius 1 is 0.347 bits per heavy atom. The van der Waals surface area contributed by atoms with Crippen molar-refractivity contribution in [2.45, 2.75) is 6.54 Å². The van der Waals surface area contributed by atoms with Gasteiger partial charge >= 0.3 is 19.5 Å². The summed E-state index contributed by atoms with van der Waals surface area (Å²) in [5, 5.41) is 8.39. The molecule has 0 saturated carbocycles. The minimum Gasteiger partial charge on any atom is -1.00 e. The molecular formula is C42H38Cl2N2P2Ru. The summed E-state index contributed by atoms with van der Waals surface area (Å²) < 4.78 is 0. The summed E-state index contributed by atoms with van der Waals surface area (Å²) in [5.41, 5.74) is 6.22. The maximum Gasteiger partial charge on any atom is 2.00 e. The van der Waals surface area contributed by atoms with Gasteiger partial charge in [0.05, 0.1) is 5.69 Å². The molecule has 0 aliphatic carbocycles. The van der Waals surface area contributed by atoms with E-state index in [0.717, 1.165) is 5.69 Å². The van der Waals surface area contributed by atoms with Crippen LogP contribution in [0, 0.1) is 0 Å². The molecule has 0 bridgehead atoms. The summed E-state index contributed by atoms with van der Waals surface area (Å²) in [5.74, 6) is 0. The second-order valence-electron chi connectivity index (χ2n) is 10.2. The van der Waals surface area contributed by atoms with Gasteiger partial charge in [-0.05, 0) is 59.8 Å². The van der Waals surface area contributed by atoms with Crippen LogP contribution in [0.15, 0.2) is 206 Å². The molecule has 0 radical (unpaired) electrons. The van der Waals surface area contributed by atoms with Crippen molar-refractivity contribution in [1.82, 2.24) is 4.98 Å². The predicted octanol–water partition coefficient (Wildman–Crippen LogP) is 1.44. The second-order valence-corrected chi connectivity index (χ2v) is 14.6. The fourth-order valence-corrected chi connectivity index (χ4v) is 9.49. The van der Waals surface area contributed by atoms with Gasteiger partial charge in [0, 0.05) is 12.7 Å². The number of halogens is 2. The van der Waals surface area contributed by atoms with Crippen LogP contribution >= 0.6 is 15.8 Å². The number of hydrogen-bond donors (Lipinski definition) is 1. The molecule has 7 aromatic rings. The van der Waals surface area contributed by atoms with Gasteiger partial charge < -0.3 is 30.5 Å². The third kappa shape index (κ3) is 13.0. The van der Waals surface area contributed by atoms with Gasteiger partial charge in [0.1, 0.15) is 0 Å². The Hall–Kier alpha value is -3.51. The van der Waals surface area contributed by atoms with Gasteiger partial charge in [-0.3, -0.25) is 4.98 Å². The van der Waals surface area contributed by atoms with Crippen molar-refractivity contribution in [2.75, 3.05) is 0 Å². The first-order valence-electron chi connectivity index (χ1n) is 15.3. The fraction of sp³-hybridized carbons (Fsp3) is 0.0238. The Labute approximate surface area is 319 Å². The van der Waals surface area contributed by atoms with Crippen LogP contribution in [0.3, 0.4) is 0 Å².